The van der Waals surface area contributed by atoms with E-state index < -0.39 is 18.4 Å². The Morgan fingerprint density at radius 2 is 1.35 bits per heavy atom. The molecule has 4 rings (SSSR count). The molecule has 0 saturated carbocycles. The van der Waals surface area contributed by atoms with Gasteiger partial charge in [-0.15, -0.1) is 0 Å². The van der Waals surface area contributed by atoms with Gasteiger partial charge in [-0.25, -0.2) is 0 Å². The molecule has 1 aliphatic rings. The molecule has 2 amide bonds. The van der Waals surface area contributed by atoms with Crippen LogP contribution in [-0.2, 0) is 6.54 Å². The fourth-order valence-corrected chi connectivity index (χ4v) is 21.7. The Morgan fingerprint density at radius 1 is 0.784 bits per heavy atom. The van der Waals surface area contributed by atoms with Crippen LogP contribution in [0.1, 0.15) is 85.6 Å². The quantitative estimate of drug-likeness (QED) is 0.154. The van der Waals surface area contributed by atoms with Crippen LogP contribution in [0.15, 0.2) is 48.7 Å². The molecular formula is C31H40N2O3Sn. The van der Waals surface area contributed by atoms with Crippen molar-refractivity contribution in [3.8, 4) is 5.75 Å². The molecule has 0 unspecified atom stereocenters. The Bertz CT molecular complexity index is 1210. The molecule has 0 N–H and O–H groups in total. The molecule has 6 heteroatoms. The molecule has 5 nitrogen and oxygen atoms in total. The van der Waals surface area contributed by atoms with Crippen molar-refractivity contribution in [2.45, 2.75) is 79.2 Å². The zero-order valence-corrected chi connectivity index (χ0v) is 25.7. The van der Waals surface area contributed by atoms with E-state index in [1.165, 1.54) is 56.7 Å². The molecular weight excluding hydrogens is 567 g/mol. The predicted octanol–water partition coefficient (Wildman–Crippen LogP) is 7.10. The number of carbonyl (C=O) groups excluding carboxylic acids is 2. The van der Waals surface area contributed by atoms with Gasteiger partial charge in [-0.2, -0.15) is 0 Å². The van der Waals surface area contributed by atoms with Gasteiger partial charge < -0.3 is 0 Å². The number of carbonyl (C=O) groups is 2. The van der Waals surface area contributed by atoms with E-state index in [1.807, 2.05) is 0 Å². The molecule has 0 aliphatic carbocycles. The Labute approximate surface area is 225 Å². The summed E-state index contributed by atoms with van der Waals surface area (Å²) in [6.45, 7) is 7.18. The molecule has 1 aromatic heterocycles. The molecule has 0 radical (unpaired) electrons. The molecule has 2 aromatic carbocycles. The third kappa shape index (κ3) is 5.57. The number of unbranched alkanes of at least 4 members (excludes halogenated alkanes) is 3. The predicted molar refractivity (Wildman–Crippen MR) is 153 cm³/mol. The van der Waals surface area contributed by atoms with Crippen LogP contribution in [0.4, 0.5) is 0 Å². The maximum absolute atomic E-state index is 13.4. The van der Waals surface area contributed by atoms with Crippen molar-refractivity contribution in [1.82, 2.24) is 9.88 Å². The summed E-state index contributed by atoms with van der Waals surface area (Å²) in [6.07, 6.45) is 9.35. The monoisotopic (exact) mass is 608 g/mol. The van der Waals surface area contributed by atoms with Crippen LogP contribution in [0, 0.1) is 0 Å². The average molecular weight is 607 g/mol. The van der Waals surface area contributed by atoms with Gasteiger partial charge in [0.15, 0.2) is 0 Å². The van der Waals surface area contributed by atoms with Crippen molar-refractivity contribution in [3.63, 3.8) is 0 Å². The van der Waals surface area contributed by atoms with Crippen molar-refractivity contribution in [2.75, 3.05) is 7.11 Å². The van der Waals surface area contributed by atoms with E-state index in [2.05, 4.69) is 50.0 Å². The number of amides is 2. The van der Waals surface area contributed by atoms with Crippen LogP contribution in [-0.4, -0.2) is 47.2 Å². The SMILES string of the molecule is CCC[CH2][Sn]([CH2]CCC)([CH2]CCC)[c]1ccc(CN2C(=O)c3ccnc4c(OC)ccc(c34)C2=O)cc1. The molecule has 0 saturated heterocycles. The van der Waals surface area contributed by atoms with Crippen LogP contribution in [0.3, 0.4) is 0 Å². The molecule has 196 valence electrons. The summed E-state index contributed by atoms with van der Waals surface area (Å²) < 4.78 is 11.3. The Morgan fingerprint density at radius 3 is 1.89 bits per heavy atom. The van der Waals surface area contributed by atoms with Gasteiger partial charge in [-0.3, -0.25) is 0 Å². The molecule has 2 heterocycles. The first-order chi connectivity index (χ1) is 18.0. The van der Waals surface area contributed by atoms with Crippen LogP contribution >= 0.6 is 0 Å². The average Bonchev–Trinajstić information content (AvgIpc) is 2.94. The fourth-order valence-electron chi connectivity index (χ4n) is 5.79. The molecule has 1 aliphatic heterocycles. The second kappa shape index (κ2) is 12.4. The van der Waals surface area contributed by atoms with Gasteiger partial charge in [0.25, 0.3) is 0 Å². The Hall–Kier alpha value is -2.41. The van der Waals surface area contributed by atoms with Crippen LogP contribution < -0.4 is 8.32 Å². The number of aromatic nitrogens is 1. The summed E-state index contributed by atoms with van der Waals surface area (Å²) >= 11 is -2.51. The van der Waals surface area contributed by atoms with Gasteiger partial charge in [0.05, 0.1) is 7.11 Å². The molecule has 3 aromatic rings. The second-order valence-electron chi connectivity index (χ2n) is 10.4. The van der Waals surface area contributed by atoms with Gasteiger partial charge in [0.2, 0.25) is 0 Å². The van der Waals surface area contributed by atoms with E-state index in [4.69, 9.17) is 4.74 Å². The number of ether oxygens (including phenoxy) is 1. The van der Waals surface area contributed by atoms with Crippen molar-refractivity contribution in [3.05, 3.63) is 65.4 Å². The first kappa shape index (κ1) is 27.6. The minimum atomic E-state index is -2.51. The fraction of sp³-hybridized carbons (Fsp3) is 0.452. The number of hydrogen-bond acceptors (Lipinski definition) is 4. The summed E-state index contributed by atoms with van der Waals surface area (Å²) in [5.41, 5.74) is 2.56. The molecule has 0 spiro atoms. The Kier molecular flexibility index (Phi) is 9.27. The third-order valence-electron chi connectivity index (χ3n) is 7.96. The first-order valence-corrected chi connectivity index (χ1v) is 21.4. The number of hydrogen-bond donors (Lipinski definition) is 0. The third-order valence-corrected chi connectivity index (χ3v) is 23.6. The topological polar surface area (TPSA) is 59.5 Å². The number of nitrogens with zero attached hydrogens (tertiary/aromatic N) is 2. The number of rotatable bonds is 13. The van der Waals surface area contributed by atoms with Gasteiger partial charge >= 0.3 is 219 Å². The second-order valence-corrected chi connectivity index (χ2v) is 23.6. The summed E-state index contributed by atoms with van der Waals surface area (Å²) in [5.74, 6) is 0.0171. The number of benzene rings is 2. The standard InChI is InChI=1S/C19H13N2O3.3C4H9.Sn/c1-24-15-8-7-13-16-14(9-10-20-17(15)16)19(23)21(18(13)22)11-12-5-3-2-4-6-12;3*1-3-4-2;/h3-10H,11H2,1H3;3*1,3-4H2,2H3;. The van der Waals surface area contributed by atoms with Gasteiger partial charge in [-0.1, -0.05) is 0 Å². The van der Waals surface area contributed by atoms with Gasteiger partial charge in [-0.05, 0) is 0 Å². The molecule has 37 heavy (non-hydrogen) atoms. The summed E-state index contributed by atoms with van der Waals surface area (Å²) in [5, 5.41) is 0.588. The van der Waals surface area contributed by atoms with Crippen molar-refractivity contribution in [1.29, 1.82) is 0 Å². The summed E-state index contributed by atoms with van der Waals surface area (Å²) in [6, 6.07) is 14.2. The van der Waals surface area contributed by atoms with Gasteiger partial charge in [0.1, 0.15) is 0 Å². The molecule has 0 atom stereocenters. The molecule has 0 fully saturated rings. The van der Waals surface area contributed by atoms with Crippen molar-refractivity contribution >= 4 is 44.7 Å². The summed E-state index contributed by atoms with van der Waals surface area (Å²) in [7, 11) is 1.57. The van der Waals surface area contributed by atoms with Crippen molar-refractivity contribution < 1.29 is 14.3 Å². The Balaban J connectivity index is 1.62. The minimum absolute atomic E-state index is 0.272. The first-order valence-electron chi connectivity index (χ1n) is 13.9. The van der Waals surface area contributed by atoms with Crippen LogP contribution in [0.25, 0.3) is 10.9 Å². The van der Waals surface area contributed by atoms with Gasteiger partial charge in [0, 0.05) is 0 Å². The number of imide groups is 1. The zero-order valence-electron chi connectivity index (χ0n) is 22.8. The van der Waals surface area contributed by atoms with Crippen LogP contribution in [0.2, 0.25) is 13.3 Å². The maximum atomic E-state index is 13.4. The van der Waals surface area contributed by atoms with E-state index >= 15 is 0 Å². The van der Waals surface area contributed by atoms with Crippen molar-refractivity contribution in [2.24, 2.45) is 0 Å². The molecule has 0 bridgehead atoms. The van der Waals surface area contributed by atoms with E-state index in [0.29, 0.717) is 27.8 Å². The van der Waals surface area contributed by atoms with E-state index in [-0.39, 0.29) is 18.4 Å². The number of methoxy groups -OCH3 is 1. The summed E-state index contributed by atoms with van der Waals surface area (Å²) in [4.78, 5) is 32.7. The van der Waals surface area contributed by atoms with E-state index in [9.17, 15) is 9.59 Å². The normalized spacial score (nSPS) is 13.5. The van der Waals surface area contributed by atoms with Crippen LogP contribution in [0.5, 0.6) is 5.75 Å². The van der Waals surface area contributed by atoms with E-state index in [0.717, 1.165) is 5.56 Å². The zero-order chi connectivity index (χ0) is 26.4. The van der Waals surface area contributed by atoms with E-state index in [1.54, 1.807) is 35.1 Å². The number of pyridine rings is 1.